The Morgan fingerprint density at radius 2 is 2.16 bits per heavy atom. The fourth-order valence-electron chi connectivity index (χ4n) is 3.23. The molecule has 19 heavy (non-hydrogen) atoms. The summed E-state index contributed by atoms with van der Waals surface area (Å²) >= 11 is 0. The van der Waals surface area contributed by atoms with Gasteiger partial charge in [-0.1, -0.05) is 0 Å². The zero-order chi connectivity index (χ0) is 13.6. The summed E-state index contributed by atoms with van der Waals surface area (Å²) in [5.41, 5.74) is 6.38. The molecule has 6 heteroatoms. The van der Waals surface area contributed by atoms with Gasteiger partial charge < -0.3 is 15.7 Å². The lowest BCUT2D eigenvalue weighted by Gasteiger charge is -2.22. The summed E-state index contributed by atoms with van der Waals surface area (Å²) in [5.74, 6) is -1.43. The highest BCUT2D eigenvalue weighted by molar-refractivity contribution is 5.94. The standard InChI is InChI=1S/C13H15N3O3/c14-7-1-3-10(15-6-7)12(17)16-8-2-4-11(16)9(5-8)13(18)19/h1,3,6,8-9,11H,2,4-5,14H2,(H,18,19). The molecule has 2 aliphatic heterocycles. The quantitative estimate of drug-likeness (QED) is 0.818. The average molecular weight is 261 g/mol. The van der Waals surface area contributed by atoms with Gasteiger partial charge in [0.25, 0.3) is 5.91 Å². The van der Waals surface area contributed by atoms with Gasteiger partial charge in [0.2, 0.25) is 0 Å². The molecule has 0 radical (unpaired) electrons. The Balaban J connectivity index is 1.85. The molecule has 3 heterocycles. The van der Waals surface area contributed by atoms with E-state index in [-0.39, 0.29) is 18.0 Å². The number of nitrogens with zero attached hydrogens (tertiary/aromatic N) is 2. The van der Waals surface area contributed by atoms with Gasteiger partial charge in [0.15, 0.2) is 0 Å². The minimum Gasteiger partial charge on any atom is -0.481 e. The number of carboxylic acid groups (broad SMARTS) is 1. The molecule has 6 nitrogen and oxygen atoms in total. The monoisotopic (exact) mass is 261 g/mol. The highest BCUT2D eigenvalue weighted by Gasteiger charge is 2.51. The number of amides is 1. The Hall–Kier alpha value is -2.11. The topological polar surface area (TPSA) is 96.5 Å². The maximum Gasteiger partial charge on any atom is 0.308 e. The van der Waals surface area contributed by atoms with E-state index in [1.165, 1.54) is 6.20 Å². The second-order valence-corrected chi connectivity index (χ2v) is 5.17. The fraction of sp³-hybridized carbons (Fsp3) is 0.462. The summed E-state index contributed by atoms with van der Waals surface area (Å²) in [6, 6.07) is 3.07. The van der Waals surface area contributed by atoms with Crippen LogP contribution in [-0.2, 0) is 4.79 Å². The van der Waals surface area contributed by atoms with Crippen molar-refractivity contribution in [2.24, 2.45) is 5.92 Å². The highest BCUT2D eigenvalue weighted by Crippen LogP contribution is 2.42. The number of hydrogen-bond donors (Lipinski definition) is 2. The predicted octanol–water partition coefficient (Wildman–Crippen LogP) is 0.741. The third-order valence-electron chi connectivity index (χ3n) is 4.09. The smallest absolute Gasteiger partial charge is 0.308 e. The van der Waals surface area contributed by atoms with Crippen LogP contribution in [0.5, 0.6) is 0 Å². The molecule has 1 aromatic rings. The first-order chi connectivity index (χ1) is 9.08. The van der Waals surface area contributed by atoms with Gasteiger partial charge in [0, 0.05) is 12.1 Å². The van der Waals surface area contributed by atoms with Crippen molar-refractivity contribution in [3.8, 4) is 0 Å². The van der Waals surface area contributed by atoms with Crippen molar-refractivity contribution < 1.29 is 14.7 Å². The summed E-state index contributed by atoms with van der Waals surface area (Å²) in [5, 5.41) is 9.17. The first-order valence-electron chi connectivity index (χ1n) is 6.35. The minimum absolute atomic E-state index is 0.0398. The van der Waals surface area contributed by atoms with Crippen LogP contribution in [0.15, 0.2) is 18.3 Å². The summed E-state index contributed by atoms with van der Waals surface area (Å²) < 4.78 is 0. The van der Waals surface area contributed by atoms with Gasteiger partial charge in [0.1, 0.15) is 5.69 Å². The molecule has 0 aromatic carbocycles. The fourth-order valence-corrected chi connectivity index (χ4v) is 3.23. The van der Waals surface area contributed by atoms with Crippen LogP contribution >= 0.6 is 0 Å². The maximum atomic E-state index is 12.4. The van der Waals surface area contributed by atoms with E-state index in [9.17, 15) is 14.7 Å². The molecular weight excluding hydrogens is 246 g/mol. The molecule has 1 amide bonds. The van der Waals surface area contributed by atoms with E-state index in [0.717, 1.165) is 12.8 Å². The second-order valence-electron chi connectivity index (χ2n) is 5.17. The number of anilines is 1. The normalized spacial score (nSPS) is 28.6. The lowest BCUT2D eigenvalue weighted by molar-refractivity contribution is -0.142. The molecule has 0 spiro atoms. The van der Waals surface area contributed by atoms with Gasteiger partial charge in [-0.05, 0) is 31.4 Å². The van der Waals surface area contributed by atoms with Crippen molar-refractivity contribution >= 4 is 17.6 Å². The molecule has 2 fully saturated rings. The number of fused-ring (bicyclic) bond motifs is 2. The average Bonchev–Trinajstić information content (AvgIpc) is 2.96. The largest absolute Gasteiger partial charge is 0.481 e. The van der Waals surface area contributed by atoms with Crippen LogP contribution in [-0.4, -0.2) is 39.0 Å². The molecule has 2 aliphatic rings. The number of aliphatic carboxylic acids is 1. The molecule has 3 atom stereocenters. The summed E-state index contributed by atoms with van der Waals surface area (Å²) in [6.45, 7) is 0. The van der Waals surface area contributed by atoms with Gasteiger partial charge in [-0.2, -0.15) is 0 Å². The molecule has 3 unspecified atom stereocenters. The van der Waals surface area contributed by atoms with E-state index in [0.29, 0.717) is 17.8 Å². The molecule has 1 aromatic heterocycles. The van der Waals surface area contributed by atoms with E-state index < -0.39 is 11.9 Å². The molecule has 0 aliphatic carbocycles. The number of carbonyl (C=O) groups is 2. The lowest BCUT2D eigenvalue weighted by Crippen LogP contribution is -2.38. The van der Waals surface area contributed by atoms with Crippen LogP contribution in [0, 0.1) is 5.92 Å². The van der Waals surface area contributed by atoms with Crippen molar-refractivity contribution in [1.29, 1.82) is 0 Å². The third kappa shape index (κ3) is 1.83. The Labute approximate surface area is 110 Å². The Bertz CT molecular complexity index is 528. The Morgan fingerprint density at radius 3 is 2.74 bits per heavy atom. The van der Waals surface area contributed by atoms with E-state index in [1.807, 2.05) is 0 Å². The van der Waals surface area contributed by atoms with Gasteiger partial charge in [-0.15, -0.1) is 0 Å². The van der Waals surface area contributed by atoms with Crippen LogP contribution in [0.4, 0.5) is 5.69 Å². The van der Waals surface area contributed by atoms with E-state index in [2.05, 4.69) is 4.98 Å². The van der Waals surface area contributed by atoms with E-state index >= 15 is 0 Å². The highest BCUT2D eigenvalue weighted by atomic mass is 16.4. The number of carboxylic acids is 1. The van der Waals surface area contributed by atoms with Gasteiger partial charge in [-0.3, -0.25) is 9.59 Å². The van der Waals surface area contributed by atoms with Crippen molar-refractivity contribution in [3.63, 3.8) is 0 Å². The predicted molar refractivity (Wildman–Crippen MR) is 67.4 cm³/mol. The maximum absolute atomic E-state index is 12.4. The van der Waals surface area contributed by atoms with Crippen molar-refractivity contribution in [2.75, 3.05) is 5.73 Å². The first kappa shape index (κ1) is 12.0. The van der Waals surface area contributed by atoms with Crippen LogP contribution in [0.1, 0.15) is 29.8 Å². The van der Waals surface area contributed by atoms with Crippen LogP contribution in [0.3, 0.4) is 0 Å². The number of nitrogen functional groups attached to an aromatic ring is 1. The number of pyridine rings is 1. The Kier molecular flexibility index (Phi) is 2.66. The minimum atomic E-state index is -0.810. The molecule has 2 saturated heterocycles. The van der Waals surface area contributed by atoms with Gasteiger partial charge in [0.05, 0.1) is 17.8 Å². The Morgan fingerprint density at radius 1 is 1.37 bits per heavy atom. The molecule has 3 N–H and O–H groups in total. The van der Waals surface area contributed by atoms with Gasteiger partial charge in [-0.25, -0.2) is 4.98 Å². The van der Waals surface area contributed by atoms with Gasteiger partial charge >= 0.3 is 5.97 Å². The summed E-state index contributed by atoms with van der Waals surface area (Å²) in [6.07, 6.45) is 3.65. The van der Waals surface area contributed by atoms with Crippen LogP contribution in [0.25, 0.3) is 0 Å². The summed E-state index contributed by atoms with van der Waals surface area (Å²) in [4.78, 5) is 29.3. The van der Waals surface area contributed by atoms with E-state index in [4.69, 9.17) is 5.73 Å². The lowest BCUT2D eigenvalue weighted by atomic mass is 9.89. The molecule has 2 bridgehead atoms. The van der Waals surface area contributed by atoms with E-state index in [1.54, 1.807) is 17.0 Å². The first-order valence-corrected chi connectivity index (χ1v) is 6.35. The SMILES string of the molecule is Nc1ccc(C(=O)N2C3CCC2C(C(=O)O)C3)nc1. The number of aromatic nitrogens is 1. The van der Waals surface area contributed by atoms with Crippen LogP contribution < -0.4 is 5.73 Å². The van der Waals surface area contributed by atoms with Crippen molar-refractivity contribution in [2.45, 2.75) is 31.3 Å². The molecule has 0 saturated carbocycles. The second kappa shape index (κ2) is 4.22. The number of hydrogen-bond acceptors (Lipinski definition) is 4. The summed E-state index contributed by atoms with van der Waals surface area (Å²) in [7, 11) is 0. The number of nitrogens with two attached hydrogens (primary N) is 1. The molecule has 100 valence electrons. The third-order valence-corrected chi connectivity index (χ3v) is 4.09. The number of carbonyl (C=O) groups excluding carboxylic acids is 1. The zero-order valence-corrected chi connectivity index (χ0v) is 10.3. The number of rotatable bonds is 2. The van der Waals surface area contributed by atoms with Crippen molar-refractivity contribution in [3.05, 3.63) is 24.0 Å². The van der Waals surface area contributed by atoms with Crippen molar-refractivity contribution in [1.82, 2.24) is 9.88 Å². The zero-order valence-electron chi connectivity index (χ0n) is 10.3. The van der Waals surface area contributed by atoms with Crippen LogP contribution in [0.2, 0.25) is 0 Å². The molecular formula is C13H15N3O3. The molecule has 3 rings (SSSR count).